The fourth-order valence-corrected chi connectivity index (χ4v) is 2.24. The molecule has 0 saturated heterocycles. The van der Waals surface area contributed by atoms with Gasteiger partial charge < -0.3 is 15.8 Å². The monoisotopic (exact) mass is 285 g/mol. The molecule has 0 aromatic heterocycles. The Labute approximate surface area is 113 Å². The summed E-state index contributed by atoms with van der Waals surface area (Å²) in [7, 11) is -1.10. The molecular weight excluding hydrogens is 266 g/mol. The van der Waals surface area contributed by atoms with Gasteiger partial charge in [0, 0.05) is 24.9 Å². The smallest absolute Gasteiger partial charge is 0.170 e. The van der Waals surface area contributed by atoms with E-state index in [1.807, 2.05) is 30.1 Å². The number of sulfone groups is 1. The predicted molar refractivity (Wildman–Crippen MR) is 75.0 cm³/mol. The minimum Gasteiger partial charge on any atom is -0.409 e. The van der Waals surface area contributed by atoms with Gasteiger partial charge in [-0.1, -0.05) is 23.4 Å². The van der Waals surface area contributed by atoms with Crippen LogP contribution in [0.25, 0.3) is 0 Å². The standard InChI is InChI=1S/C12H19N3O3S/c1-15(6-7-19(2,17)18)9-10-4-3-5-11(8-10)12(13)14-16/h3-5,8,16H,6-7,9H2,1-2H3,(H2,13,14). The summed E-state index contributed by atoms with van der Waals surface area (Å²) < 4.78 is 22.2. The molecule has 0 bridgehead atoms. The molecule has 0 spiro atoms. The largest absolute Gasteiger partial charge is 0.409 e. The molecule has 0 fully saturated rings. The molecule has 6 nitrogen and oxygen atoms in total. The summed E-state index contributed by atoms with van der Waals surface area (Å²) in [6, 6.07) is 7.28. The Morgan fingerprint density at radius 1 is 1.47 bits per heavy atom. The van der Waals surface area contributed by atoms with Crippen LogP contribution in [0.1, 0.15) is 11.1 Å². The third-order valence-electron chi connectivity index (χ3n) is 2.63. The fourth-order valence-electron chi connectivity index (χ4n) is 1.60. The summed E-state index contributed by atoms with van der Waals surface area (Å²) in [5, 5.41) is 11.6. The van der Waals surface area contributed by atoms with Crippen LogP contribution >= 0.6 is 0 Å². The second kappa shape index (κ2) is 6.53. The van der Waals surface area contributed by atoms with Crippen molar-refractivity contribution in [1.29, 1.82) is 0 Å². The first kappa shape index (κ1) is 15.5. The quantitative estimate of drug-likeness (QED) is 0.338. The molecule has 1 aromatic carbocycles. The topological polar surface area (TPSA) is 96.0 Å². The Kier molecular flexibility index (Phi) is 5.31. The van der Waals surface area contributed by atoms with Gasteiger partial charge in [0.15, 0.2) is 5.84 Å². The number of rotatable bonds is 6. The van der Waals surface area contributed by atoms with Gasteiger partial charge in [-0.2, -0.15) is 0 Å². The van der Waals surface area contributed by atoms with Crippen LogP contribution in [0.2, 0.25) is 0 Å². The van der Waals surface area contributed by atoms with E-state index in [0.29, 0.717) is 18.7 Å². The minimum atomic E-state index is -2.95. The maximum absolute atomic E-state index is 11.1. The van der Waals surface area contributed by atoms with Crippen LogP contribution in [0, 0.1) is 0 Å². The highest BCUT2D eigenvalue weighted by Gasteiger charge is 2.07. The molecule has 0 amide bonds. The molecule has 0 unspecified atom stereocenters. The molecule has 0 aliphatic rings. The molecular formula is C12H19N3O3S. The van der Waals surface area contributed by atoms with Crippen molar-refractivity contribution < 1.29 is 13.6 Å². The van der Waals surface area contributed by atoms with E-state index >= 15 is 0 Å². The summed E-state index contributed by atoms with van der Waals surface area (Å²) in [5.41, 5.74) is 7.12. The van der Waals surface area contributed by atoms with E-state index in [4.69, 9.17) is 10.9 Å². The van der Waals surface area contributed by atoms with Gasteiger partial charge in [-0.15, -0.1) is 0 Å². The highest BCUT2D eigenvalue weighted by atomic mass is 32.2. The normalized spacial score (nSPS) is 12.9. The van der Waals surface area contributed by atoms with E-state index in [1.165, 1.54) is 6.26 Å². The second-order valence-corrected chi connectivity index (χ2v) is 6.81. The Morgan fingerprint density at radius 2 is 2.16 bits per heavy atom. The molecule has 0 heterocycles. The maximum Gasteiger partial charge on any atom is 0.170 e. The molecule has 0 aliphatic heterocycles. The molecule has 106 valence electrons. The second-order valence-electron chi connectivity index (χ2n) is 4.55. The minimum absolute atomic E-state index is 0.0561. The van der Waals surface area contributed by atoms with Crippen molar-refractivity contribution in [1.82, 2.24) is 4.90 Å². The number of hydrogen-bond acceptors (Lipinski definition) is 5. The molecule has 7 heteroatoms. The van der Waals surface area contributed by atoms with Gasteiger partial charge in [0.25, 0.3) is 0 Å². The van der Waals surface area contributed by atoms with Crippen molar-refractivity contribution >= 4 is 15.7 Å². The molecule has 1 rings (SSSR count). The number of benzene rings is 1. The Hall–Kier alpha value is -1.60. The average Bonchev–Trinajstić information content (AvgIpc) is 2.35. The lowest BCUT2D eigenvalue weighted by Crippen LogP contribution is -2.25. The van der Waals surface area contributed by atoms with E-state index in [1.54, 1.807) is 6.07 Å². The third kappa shape index (κ3) is 5.71. The number of hydrogen-bond donors (Lipinski definition) is 2. The molecule has 3 N–H and O–H groups in total. The summed E-state index contributed by atoms with van der Waals surface area (Å²) in [4.78, 5) is 1.91. The highest BCUT2D eigenvalue weighted by Crippen LogP contribution is 2.07. The Balaban J connectivity index is 2.67. The lowest BCUT2D eigenvalue weighted by Gasteiger charge is -2.16. The van der Waals surface area contributed by atoms with Gasteiger partial charge in [0.2, 0.25) is 0 Å². The van der Waals surface area contributed by atoms with Crippen molar-refractivity contribution in [2.45, 2.75) is 6.54 Å². The molecule has 0 saturated carbocycles. The van der Waals surface area contributed by atoms with Crippen LogP contribution in [0.4, 0.5) is 0 Å². The molecule has 1 aromatic rings. The van der Waals surface area contributed by atoms with Gasteiger partial charge in [-0.25, -0.2) is 8.42 Å². The number of nitrogens with zero attached hydrogens (tertiary/aromatic N) is 2. The SMILES string of the molecule is CN(CCS(C)(=O)=O)Cc1cccc(C(N)=NO)c1. The van der Waals surface area contributed by atoms with E-state index in [0.717, 1.165) is 5.56 Å². The van der Waals surface area contributed by atoms with Gasteiger partial charge in [-0.05, 0) is 18.7 Å². The zero-order valence-corrected chi connectivity index (χ0v) is 11.9. The van der Waals surface area contributed by atoms with Gasteiger partial charge in [-0.3, -0.25) is 0 Å². The lowest BCUT2D eigenvalue weighted by atomic mass is 10.1. The number of amidine groups is 1. The first-order valence-electron chi connectivity index (χ1n) is 5.75. The summed E-state index contributed by atoms with van der Waals surface area (Å²) in [6.45, 7) is 1.06. The van der Waals surface area contributed by atoms with Crippen LogP contribution in [0.15, 0.2) is 29.4 Å². The molecule has 0 atom stereocenters. The fraction of sp³-hybridized carbons (Fsp3) is 0.417. The maximum atomic E-state index is 11.1. The highest BCUT2D eigenvalue weighted by molar-refractivity contribution is 7.90. The third-order valence-corrected chi connectivity index (χ3v) is 3.55. The van der Waals surface area contributed by atoms with Crippen LogP contribution in [-0.2, 0) is 16.4 Å². The predicted octanol–water partition coefficient (Wildman–Crippen LogP) is 0.258. The van der Waals surface area contributed by atoms with E-state index < -0.39 is 9.84 Å². The Morgan fingerprint density at radius 3 is 2.74 bits per heavy atom. The van der Waals surface area contributed by atoms with E-state index in [-0.39, 0.29) is 11.6 Å². The van der Waals surface area contributed by atoms with Crippen molar-refractivity contribution in [2.24, 2.45) is 10.9 Å². The van der Waals surface area contributed by atoms with Crippen molar-refractivity contribution in [2.75, 3.05) is 25.6 Å². The number of nitrogens with two attached hydrogens (primary N) is 1. The van der Waals surface area contributed by atoms with Crippen LogP contribution in [0.5, 0.6) is 0 Å². The van der Waals surface area contributed by atoms with Crippen LogP contribution < -0.4 is 5.73 Å². The summed E-state index contributed by atoms with van der Waals surface area (Å²) >= 11 is 0. The van der Waals surface area contributed by atoms with Crippen LogP contribution in [-0.4, -0.2) is 50.0 Å². The van der Waals surface area contributed by atoms with Gasteiger partial charge in [0.1, 0.15) is 9.84 Å². The first-order chi connectivity index (χ1) is 8.81. The molecule has 19 heavy (non-hydrogen) atoms. The first-order valence-corrected chi connectivity index (χ1v) is 7.81. The van der Waals surface area contributed by atoms with E-state index in [2.05, 4.69) is 5.16 Å². The lowest BCUT2D eigenvalue weighted by molar-refractivity contribution is 0.318. The zero-order chi connectivity index (χ0) is 14.5. The van der Waals surface area contributed by atoms with Crippen molar-refractivity contribution in [3.63, 3.8) is 0 Å². The average molecular weight is 285 g/mol. The summed E-state index contributed by atoms with van der Waals surface area (Å²) in [6.07, 6.45) is 1.22. The van der Waals surface area contributed by atoms with Gasteiger partial charge in [0.05, 0.1) is 5.75 Å². The zero-order valence-electron chi connectivity index (χ0n) is 11.1. The molecule has 0 radical (unpaired) electrons. The van der Waals surface area contributed by atoms with E-state index in [9.17, 15) is 8.42 Å². The van der Waals surface area contributed by atoms with Crippen molar-refractivity contribution in [3.8, 4) is 0 Å². The number of oxime groups is 1. The van der Waals surface area contributed by atoms with Gasteiger partial charge >= 0.3 is 0 Å². The molecule has 0 aliphatic carbocycles. The van der Waals surface area contributed by atoms with Crippen molar-refractivity contribution in [3.05, 3.63) is 35.4 Å². The van der Waals surface area contributed by atoms with Crippen LogP contribution in [0.3, 0.4) is 0 Å². The Bertz CT molecular complexity index is 555. The summed E-state index contributed by atoms with van der Waals surface area (Å²) in [5.74, 6) is 0.185.